The van der Waals surface area contributed by atoms with Crippen molar-refractivity contribution in [2.24, 2.45) is 0 Å². The van der Waals surface area contributed by atoms with Crippen LogP contribution in [-0.2, 0) is 19.3 Å². The van der Waals surface area contributed by atoms with Crippen LogP contribution in [0.15, 0.2) is 27.2 Å². The van der Waals surface area contributed by atoms with Crippen LogP contribution in [0.4, 0.5) is 0 Å². The second kappa shape index (κ2) is 9.12. The molecule has 0 bridgehead atoms. The van der Waals surface area contributed by atoms with Gasteiger partial charge in [-0.15, -0.1) is 12.4 Å². The molecule has 0 aliphatic carbocycles. The molecular formula is C15H21BrClN3O2. The van der Waals surface area contributed by atoms with Crippen molar-refractivity contribution in [3.63, 3.8) is 0 Å². The van der Waals surface area contributed by atoms with Gasteiger partial charge in [-0.2, -0.15) is 4.98 Å². The third-order valence-electron chi connectivity index (χ3n) is 3.34. The highest BCUT2D eigenvalue weighted by atomic mass is 79.9. The van der Waals surface area contributed by atoms with E-state index >= 15 is 0 Å². The summed E-state index contributed by atoms with van der Waals surface area (Å²) in [4.78, 5) is 4.42. The zero-order valence-corrected chi connectivity index (χ0v) is 15.3. The van der Waals surface area contributed by atoms with Gasteiger partial charge in [0.2, 0.25) is 5.89 Å². The number of hydrogen-bond acceptors (Lipinski definition) is 5. The number of ether oxygens (including phenoxy) is 1. The van der Waals surface area contributed by atoms with E-state index in [1.165, 1.54) is 5.56 Å². The lowest BCUT2D eigenvalue weighted by molar-refractivity contribution is 0.371. The lowest BCUT2D eigenvalue weighted by Gasteiger charge is -2.05. The second-order valence-electron chi connectivity index (χ2n) is 4.97. The van der Waals surface area contributed by atoms with E-state index in [1.54, 1.807) is 7.11 Å². The molecule has 5 nitrogen and oxygen atoms in total. The summed E-state index contributed by atoms with van der Waals surface area (Å²) in [6.45, 7) is 2.09. The van der Waals surface area contributed by atoms with Crippen LogP contribution in [0.2, 0.25) is 0 Å². The molecule has 1 N–H and O–H groups in total. The van der Waals surface area contributed by atoms with Crippen molar-refractivity contribution >= 4 is 28.3 Å². The van der Waals surface area contributed by atoms with Gasteiger partial charge in [0, 0.05) is 18.9 Å². The van der Waals surface area contributed by atoms with Crippen LogP contribution in [0, 0.1) is 0 Å². The molecule has 0 amide bonds. The normalized spacial score (nSPS) is 11.8. The average molecular weight is 391 g/mol. The van der Waals surface area contributed by atoms with E-state index in [0.29, 0.717) is 11.9 Å². The van der Waals surface area contributed by atoms with Crippen LogP contribution < -0.4 is 10.1 Å². The summed E-state index contributed by atoms with van der Waals surface area (Å²) in [5.74, 6) is 2.27. The molecule has 122 valence electrons. The van der Waals surface area contributed by atoms with Crippen LogP contribution in [0.3, 0.4) is 0 Å². The molecule has 0 spiro atoms. The van der Waals surface area contributed by atoms with Crippen molar-refractivity contribution in [3.8, 4) is 5.75 Å². The number of nitrogens with one attached hydrogen (secondary N) is 1. The molecule has 1 heterocycles. The van der Waals surface area contributed by atoms with Gasteiger partial charge in [0.25, 0.3) is 0 Å². The van der Waals surface area contributed by atoms with Crippen LogP contribution in [0.25, 0.3) is 0 Å². The number of likely N-dealkylation sites (N-methyl/N-ethyl adjacent to an activating group) is 1. The van der Waals surface area contributed by atoms with Gasteiger partial charge in [-0.3, -0.25) is 0 Å². The summed E-state index contributed by atoms with van der Waals surface area (Å²) < 4.78 is 11.5. The monoisotopic (exact) mass is 389 g/mol. The molecule has 0 fully saturated rings. The first-order chi connectivity index (χ1) is 10.1. The molecule has 22 heavy (non-hydrogen) atoms. The van der Waals surface area contributed by atoms with Crippen LogP contribution in [0.1, 0.15) is 24.2 Å². The zero-order valence-electron chi connectivity index (χ0n) is 12.9. The Labute approximate surface area is 145 Å². The van der Waals surface area contributed by atoms with Gasteiger partial charge in [-0.1, -0.05) is 11.2 Å². The number of methoxy groups -OCH3 is 1. The fourth-order valence-corrected chi connectivity index (χ4v) is 2.56. The number of aryl methyl sites for hydroxylation is 2. The fraction of sp³-hybridized carbons (Fsp3) is 0.467. The Morgan fingerprint density at radius 1 is 1.36 bits per heavy atom. The molecule has 1 aromatic carbocycles. The van der Waals surface area contributed by atoms with E-state index in [2.05, 4.69) is 44.4 Å². The molecule has 0 aliphatic rings. The smallest absolute Gasteiger partial charge is 0.226 e. The van der Waals surface area contributed by atoms with E-state index in [0.717, 1.165) is 35.3 Å². The molecule has 0 aliphatic heterocycles. The van der Waals surface area contributed by atoms with Gasteiger partial charge in [0.1, 0.15) is 5.75 Å². The molecule has 2 aromatic rings. The molecule has 0 radical (unpaired) electrons. The van der Waals surface area contributed by atoms with Crippen molar-refractivity contribution < 1.29 is 9.26 Å². The SMILES string of the molecule is CNC(C)Cc1noc(CCc2ccc(OC)c(Br)c2)n1.Cl. The summed E-state index contributed by atoms with van der Waals surface area (Å²) in [5, 5.41) is 7.16. The minimum atomic E-state index is 0. The first-order valence-electron chi connectivity index (χ1n) is 6.93. The Morgan fingerprint density at radius 2 is 2.14 bits per heavy atom. The van der Waals surface area contributed by atoms with Crippen molar-refractivity contribution in [2.75, 3.05) is 14.2 Å². The molecule has 1 atom stereocenters. The molecule has 7 heteroatoms. The first kappa shape index (κ1) is 18.9. The molecule has 1 aromatic heterocycles. The Morgan fingerprint density at radius 3 is 2.77 bits per heavy atom. The third-order valence-corrected chi connectivity index (χ3v) is 3.96. The Kier molecular flexibility index (Phi) is 7.85. The van der Waals surface area contributed by atoms with Crippen LogP contribution >= 0.6 is 28.3 Å². The van der Waals surface area contributed by atoms with E-state index in [9.17, 15) is 0 Å². The minimum absolute atomic E-state index is 0. The number of benzene rings is 1. The highest BCUT2D eigenvalue weighted by molar-refractivity contribution is 9.10. The molecule has 1 unspecified atom stereocenters. The molecular weight excluding hydrogens is 370 g/mol. The predicted molar refractivity (Wildman–Crippen MR) is 91.9 cm³/mol. The highest BCUT2D eigenvalue weighted by Gasteiger charge is 2.10. The van der Waals surface area contributed by atoms with Crippen LogP contribution in [0.5, 0.6) is 5.75 Å². The van der Waals surface area contributed by atoms with Crippen molar-refractivity contribution in [1.29, 1.82) is 0 Å². The topological polar surface area (TPSA) is 60.2 Å². The second-order valence-corrected chi connectivity index (χ2v) is 5.82. The van der Waals surface area contributed by atoms with Crippen LogP contribution in [-0.4, -0.2) is 30.3 Å². The number of rotatable bonds is 7. The maximum atomic E-state index is 5.28. The summed E-state index contributed by atoms with van der Waals surface area (Å²) in [6.07, 6.45) is 2.36. The lowest BCUT2D eigenvalue weighted by Crippen LogP contribution is -2.24. The fourth-order valence-electron chi connectivity index (χ4n) is 1.97. The van der Waals surface area contributed by atoms with E-state index < -0.39 is 0 Å². The van der Waals surface area contributed by atoms with E-state index in [1.807, 2.05) is 19.2 Å². The zero-order chi connectivity index (χ0) is 15.2. The van der Waals surface area contributed by atoms with Crippen molar-refractivity contribution in [2.45, 2.75) is 32.2 Å². The third kappa shape index (κ3) is 5.26. The van der Waals surface area contributed by atoms with Crippen molar-refractivity contribution in [3.05, 3.63) is 40.0 Å². The Hall–Kier alpha value is -1.11. The molecule has 0 saturated carbocycles. The summed E-state index contributed by atoms with van der Waals surface area (Å²) in [7, 11) is 3.58. The Balaban J connectivity index is 0.00000242. The Bertz CT molecular complexity index is 592. The number of nitrogens with zero attached hydrogens (tertiary/aromatic N) is 2. The summed E-state index contributed by atoms with van der Waals surface area (Å²) >= 11 is 3.49. The highest BCUT2D eigenvalue weighted by Crippen LogP contribution is 2.26. The first-order valence-corrected chi connectivity index (χ1v) is 7.72. The predicted octanol–water partition coefficient (Wildman–Crippen LogP) is 3.20. The molecule has 0 saturated heterocycles. The minimum Gasteiger partial charge on any atom is -0.496 e. The average Bonchev–Trinajstić information content (AvgIpc) is 2.92. The quantitative estimate of drug-likeness (QED) is 0.786. The van der Waals surface area contributed by atoms with Gasteiger partial charge in [0.05, 0.1) is 11.6 Å². The van der Waals surface area contributed by atoms with Gasteiger partial charge in [-0.05, 0) is 54.0 Å². The maximum Gasteiger partial charge on any atom is 0.226 e. The largest absolute Gasteiger partial charge is 0.496 e. The van der Waals surface area contributed by atoms with Gasteiger partial charge >= 0.3 is 0 Å². The van der Waals surface area contributed by atoms with Gasteiger partial charge in [-0.25, -0.2) is 0 Å². The standard InChI is InChI=1S/C15H20BrN3O2.ClH/c1-10(17-2)8-14-18-15(21-19-14)7-5-11-4-6-13(20-3)12(16)9-11;/h4,6,9-10,17H,5,7-8H2,1-3H3;1H. The van der Waals surface area contributed by atoms with Gasteiger partial charge in [0.15, 0.2) is 5.82 Å². The lowest BCUT2D eigenvalue weighted by atomic mass is 10.1. The molecule has 2 rings (SSSR count). The van der Waals surface area contributed by atoms with Crippen molar-refractivity contribution in [1.82, 2.24) is 15.5 Å². The number of halogens is 2. The number of hydrogen-bond donors (Lipinski definition) is 1. The maximum absolute atomic E-state index is 5.28. The van der Waals surface area contributed by atoms with E-state index in [-0.39, 0.29) is 12.4 Å². The summed E-state index contributed by atoms with van der Waals surface area (Å²) in [6, 6.07) is 6.39. The van der Waals surface area contributed by atoms with Gasteiger partial charge < -0.3 is 14.6 Å². The number of aromatic nitrogens is 2. The van der Waals surface area contributed by atoms with E-state index in [4.69, 9.17) is 9.26 Å². The summed E-state index contributed by atoms with van der Waals surface area (Å²) in [5.41, 5.74) is 1.20.